The molecule has 4 heteroatoms. The Labute approximate surface area is 110 Å². The van der Waals surface area contributed by atoms with E-state index in [0.29, 0.717) is 25.3 Å². The molecule has 1 heterocycles. The molecule has 0 saturated carbocycles. The molecule has 0 aromatic carbocycles. The van der Waals surface area contributed by atoms with Gasteiger partial charge in [0.25, 0.3) is 0 Å². The van der Waals surface area contributed by atoms with Gasteiger partial charge in [0.1, 0.15) is 6.04 Å². The third-order valence-electron chi connectivity index (χ3n) is 3.80. The number of hydrogen-bond donors (Lipinski definition) is 1. The largest absolute Gasteiger partial charge is 0.368 e. The second-order valence-electron chi connectivity index (χ2n) is 5.29. The molecule has 1 fully saturated rings. The van der Waals surface area contributed by atoms with E-state index in [1.807, 2.05) is 6.92 Å². The first-order valence-corrected chi connectivity index (χ1v) is 7.18. The number of nitrogens with zero attached hydrogens (tertiary/aromatic N) is 1. The molecule has 104 valence electrons. The predicted molar refractivity (Wildman–Crippen MR) is 71.9 cm³/mol. The van der Waals surface area contributed by atoms with Gasteiger partial charge in [0, 0.05) is 13.0 Å². The van der Waals surface area contributed by atoms with Gasteiger partial charge in [-0.15, -0.1) is 0 Å². The lowest BCUT2D eigenvalue weighted by molar-refractivity contribution is -0.136. The van der Waals surface area contributed by atoms with Gasteiger partial charge < -0.3 is 10.6 Å². The molecule has 1 unspecified atom stereocenters. The van der Waals surface area contributed by atoms with Gasteiger partial charge in [-0.3, -0.25) is 9.59 Å². The lowest BCUT2D eigenvalue weighted by atomic mass is 10.00. The number of amides is 2. The van der Waals surface area contributed by atoms with Crippen LogP contribution >= 0.6 is 0 Å². The number of carbonyl (C=O) groups excluding carboxylic acids is 2. The van der Waals surface area contributed by atoms with Gasteiger partial charge in [-0.05, 0) is 18.8 Å². The van der Waals surface area contributed by atoms with Crippen LogP contribution in [0.25, 0.3) is 0 Å². The van der Waals surface area contributed by atoms with Crippen LogP contribution in [0.4, 0.5) is 0 Å². The molecule has 2 amide bonds. The average Bonchev–Trinajstić information content (AvgIpc) is 2.67. The minimum atomic E-state index is -0.404. The van der Waals surface area contributed by atoms with Gasteiger partial charge >= 0.3 is 0 Å². The summed E-state index contributed by atoms with van der Waals surface area (Å²) >= 11 is 0. The summed E-state index contributed by atoms with van der Waals surface area (Å²) in [5.74, 6) is 0.140. The van der Waals surface area contributed by atoms with E-state index in [1.54, 1.807) is 4.90 Å². The fourth-order valence-corrected chi connectivity index (χ4v) is 2.74. The van der Waals surface area contributed by atoms with E-state index >= 15 is 0 Å². The van der Waals surface area contributed by atoms with E-state index in [0.717, 1.165) is 6.42 Å². The van der Waals surface area contributed by atoms with Gasteiger partial charge in [-0.2, -0.15) is 0 Å². The molecule has 0 aromatic heterocycles. The number of hydrogen-bond acceptors (Lipinski definition) is 2. The van der Waals surface area contributed by atoms with Crippen molar-refractivity contribution in [2.45, 2.75) is 64.8 Å². The predicted octanol–water partition coefficient (Wildman–Crippen LogP) is 2.07. The van der Waals surface area contributed by atoms with E-state index in [1.165, 1.54) is 25.7 Å². The molecule has 1 saturated heterocycles. The number of rotatable bonds is 8. The lowest BCUT2D eigenvalue weighted by Crippen LogP contribution is -2.45. The third-order valence-corrected chi connectivity index (χ3v) is 3.80. The van der Waals surface area contributed by atoms with Crippen molar-refractivity contribution in [2.24, 2.45) is 11.7 Å². The molecule has 2 atom stereocenters. The van der Waals surface area contributed by atoms with E-state index < -0.39 is 6.04 Å². The van der Waals surface area contributed by atoms with Gasteiger partial charge in [0.15, 0.2) is 0 Å². The molecule has 18 heavy (non-hydrogen) atoms. The molecule has 0 aromatic rings. The van der Waals surface area contributed by atoms with E-state index in [4.69, 9.17) is 5.73 Å². The zero-order chi connectivity index (χ0) is 13.5. The van der Waals surface area contributed by atoms with Crippen LogP contribution in [0.15, 0.2) is 0 Å². The summed E-state index contributed by atoms with van der Waals surface area (Å²) in [5, 5.41) is 0. The topological polar surface area (TPSA) is 63.4 Å². The average molecular weight is 254 g/mol. The van der Waals surface area contributed by atoms with E-state index in [9.17, 15) is 9.59 Å². The second kappa shape index (κ2) is 7.39. The van der Waals surface area contributed by atoms with Gasteiger partial charge in [-0.25, -0.2) is 0 Å². The highest BCUT2D eigenvalue weighted by Gasteiger charge is 2.35. The van der Waals surface area contributed by atoms with Crippen LogP contribution in [0.5, 0.6) is 0 Å². The summed E-state index contributed by atoms with van der Waals surface area (Å²) in [6, 6.07) is -0.404. The monoisotopic (exact) mass is 254 g/mol. The van der Waals surface area contributed by atoms with Crippen LogP contribution < -0.4 is 5.73 Å². The SMILES string of the molecule is CCCCCCC1CC(=O)N([C@@H](CC)C(N)=O)C1. The molecule has 0 aliphatic carbocycles. The van der Waals surface area contributed by atoms with Gasteiger partial charge in [0.2, 0.25) is 11.8 Å². The maximum Gasteiger partial charge on any atom is 0.240 e. The van der Waals surface area contributed by atoms with Gasteiger partial charge in [0.05, 0.1) is 0 Å². The summed E-state index contributed by atoms with van der Waals surface area (Å²) in [5.41, 5.74) is 5.34. The molecule has 2 N–H and O–H groups in total. The molecule has 0 radical (unpaired) electrons. The van der Waals surface area contributed by atoms with Crippen LogP contribution in [0.3, 0.4) is 0 Å². The maximum atomic E-state index is 11.9. The highest BCUT2D eigenvalue weighted by atomic mass is 16.2. The number of likely N-dealkylation sites (tertiary alicyclic amines) is 1. The Balaban J connectivity index is 2.41. The molecule has 0 bridgehead atoms. The van der Waals surface area contributed by atoms with Crippen molar-refractivity contribution in [1.82, 2.24) is 4.90 Å². The molecule has 0 spiro atoms. The Kier molecular flexibility index (Phi) is 6.16. The molecule has 4 nitrogen and oxygen atoms in total. The number of primary amides is 1. The Morgan fingerprint density at radius 3 is 2.67 bits per heavy atom. The van der Waals surface area contributed by atoms with Crippen LogP contribution in [0.2, 0.25) is 0 Å². The standard InChI is InChI=1S/C14H26N2O2/c1-3-5-6-7-8-11-9-13(17)16(10-11)12(4-2)14(15)18/h11-12H,3-10H2,1-2H3,(H2,15,18)/t11?,12-/m0/s1. The van der Waals surface area contributed by atoms with Crippen molar-refractivity contribution in [3.05, 3.63) is 0 Å². The quantitative estimate of drug-likeness (QED) is 0.674. The van der Waals surface area contributed by atoms with E-state index in [-0.39, 0.29) is 11.8 Å². The van der Waals surface area contributed by atoms with Crippen molar-refractivity contribution in [3.63, 3.8) is 0 Å². The highest BCUT2D eigenvalue weighted by molar-refractivity contribution is 5.87. The third kappa shape index (κ3) is 4.00. The molecular weight excluding hydrogens is 228 g/mol. The van der Waals surface area contributed by atoms with Crippen LogP contribution in [-0.4, -0.2) is 29.3 Å². The van der Waals surface area contributed by atoms with Crippen LogP contribution in [0.1, 0.15) is 58.8 Å². The summed E-state index contributed by atoms with van der Waals surface area (Å²) in [6.07, 6.45) is 7.23. The van der Waals surface area contributed by atoms with Crippen LogP contribution in [-0.2, 0) is 9.59 Å². The second-order valence-corrected chi connectivity index (χ2v) is 5.29. The van der Waals surface area contributed by atoms with Crippen molar-refractivity contribution < 1.29 is 9.59 Å². The summed E-state index contributed by atoms with van der Waals surface area (Å²) < 4.78 is 0. The Bertz CT molecular complexity index is 292. The zero-order valence-corrected chi connectivity index (χ0v) is 11.7. The minimum Gasteiger partial charge on any atom is -0.368 e. The molecule has 1 aliphatic heterocycles. The summed E-state index contributed by atoms with van der Waals surface area (Å²) in [6.45, 7) is 4.81. The van der Waals surface area contributed by atoms with Crippen molar-refractivity contribution in [3.8, 4) is 0 Å². The zero-order valence-electron chi connectivity index (χ0n) is 11.7. The fraction of sp³-hybridized carbons (Fsp3) is 0.857. The maximum absolute atomic E-state index is 11.9. The minimum absolute atomic E-state index is 0.0983. The number of carbonyl (C=O) groups is 2. The molecular formula is C14H26N2O2. The normalized spacial score (nSPS) is 21.3. The Hall–Kier alpha value is -1.06. The van der Waals surface area contributed by atoms with E-state index in [2.05, 4.69) is 6.92 Å². The lowest BCUT2D eigenvalue weighted by Gasteiger charge is -2.24. The Morgan fingerprint density at radius 2 is 2.11 bits per heavy atom. The van der Waals surface area contributed by atoms with Crippen LogP contribution in [0, 0.1) is 5.92 Å². The Morgan fingerprint density at radius 1 is 1.39 bits per heavy atom. The smallest absolute Gasteiger partial charge is 0.240 e. The van der Waals surface area contributed by atoms with Crippen molar-refractivity contribution in [1.29, 1.82) is 0 Å². The molecule has 1 aliphatic rings. The summed E-state index contributed by atoms with van der Waals surface area (Å²) in [7, 11) is 0. The number of nitrogens with two attached hydrogens (primary N) is 1. The molecule has 1 rings (SSSR count). The first-order valence-electron chi connectivity index (χ1n) is 7.18. The van der Waals surface area contributed by atoms with Gasteiger partial charge in [-0.1, -0.05) is 39.5 Å². The van der Waals surface area contributed by atoms with Crippen molar-refractivity contribution in [2.75, 3.05) is 6.54 Å². The highest BCUT2D eigenvalue weighted by Crippen LogP contribution is 2.25. The first kappa shape index (κ1) is 15.0. The summed E-state index contributed by atoms with van der Waals surface area (Å²) in [4.78, 5) is 24.9. The number of unbranched alkanes of at least 4 members (excludes halogenated alkanes) is 3. The fourth-order valence-electron chi connectivity index (χ4n) is 2.74. The first-order chi connectivity index (χ1) is 8.60. The van der Waals surface area contributed by atoms with Crippen molar-refractivity contribution >= 4 is 11.8 Å².